The summed E-state index contributed by atoms with van der Waals surface area (Å²) in [5.41, 5.74) is -0.866. The zero-order valence-electron chi connectivity index (χ0n) is 14.9. The number of hydrogen-bond donors (Lipinski definition) is 2. The van der Waals surface area contributed by atoms with E-state index in [4.69, 9.17) is 9.47 Å². The normalized spacial score (nSPS) is 22.2. The Morgan fingerprint density at radius 2 is 1.92 bits per heavy atom. The van der Waals surface area contributed by atoms with Crippen LogP contribution in [0.3, 0.4) is 0 Å². The first kappa shape index (κ1) is 18.0. The van der Waals surface area contributed by atoms with Crippen molar-refractivity contribution in [1.82, 2.24) is 15.5 Å². The number of imide groups is 1. The number of carbonyl (C=O) groups is 3. The number of nitrogens with zero attached hydrogens (tertiary/aromatic N) is 1. The Bertz CT molecular complexity index is 701. The molecule has 1 unspecified atom stereocenters. The lowest BCUT2D eigenvalue weighted by molar-refractivity contribution is -0.135. The molecule has 1 aliphatic heterocycles. The summed E-state index contributed by atoms with van der Waals surface area (Å²) in [7, 11) is 1.59. The topological polar surface area (TPSA) is 97.0 Å². The van der Waals surface area contributed by atoms with E-state index in [0.29, 0.717) is 5.75 Å². The maximum Gasteiger partial charge on any atom is 0.325 e. The molecule has 1 aliphatic carbocycles. The maximum atomic E-state index is 12.4. The van der Waals surface area contributed by atoms with E-state index in [2.05, 4.69) is 10.6 Å². The van der Waals surface area contributed by atoms with Gasteiger partial charge in [0.05, 0.1) is 13.7 Å². The molecule has 1 aromatic carbocycles. The minimum Gasteiger partial charge on any atom is -0.497 e. The number of nitrogens with one attached hydrogen (secondary N) is 2. The van der Waals surface area contributed by atoms with Crippen LogP contribution in [0.15, 0.2) is 24.3 Å². The fourth-order valence-electron chi connectivity index (χ4n) is 3.03. The van der Waals surface area contributed by atoms with Gasteiger partial charge >= 0.3 is 6.03 Å². The molecule has 1 atom stereocenters. The molecule has 0 radical (unpaired) electrons. The van der Waals surface area contributed by atoms with Gasteiger partial charge in [0.25, 0.3) is 5.91 Å². The molecular formula is C18H23N3O5. The molecule has 0 bridgehead atoms. The van der Waals surface area contributed by atoms with E-state index in [9.17, 15) is 14.4 Å². The third-order valence-electron chi connectivity index (χ3n) is 4.75. The van der Waals surface area contributed by atoms with Crippen LogP contribution in [0.1, 0.15) is 19.8 Å². The van der Waals surface area contributed by atoms with E-state index in [-0.39, 0.29) is 31.5 Å². The molecule has 2 fully saturated rings. The second-order valence-electron chi connectivity index (χ2n) is 6.67. The van der Waals surface area contributed by atoms with Gasteiger partial charge in [0, 0.05) is 0 Å². The molecule has 26 heavy (non-hydrogen) atoms. The molecule has 1 heterocycles. The number of rotatable bonds is 8. The number of amides is 4. The van der Waals surface area contributed by atoms with Crippen LogP contribution in [0, 0.1) is 5.92 Å². The first-order valence-electron chi connectivity index (χ1n) is 8.61. The van der Waals surface area contributed by atoms with E-state index in [1.54, 1.807) is 38.3 Å². The minimum absolute atomic E-state index is 0.171. The summed E-state index contributed by atoms with van der Waals surface area (Å²) >= 11 is 0. The average molecular weight is 361 g/mol. The van der Waals surface area contributed by atoms with Crippen LogP contribution in [0.2, 0.25) is 0 Å². The summed E-state index contributed by atoms with van der Waals surface area (Å²) in [4.78, 5) is 37.5. The summed E-state index contributed by atoms with van der Waals surface area (Å²) in [6.07, 6.45) is 1.84. The number of methoxy groups -OCH3 is 1. The lowest BCUT2D eigenvalue weighted by atomic mass is 9.96. The molecule has 0 aromatic heterocycles. The van der Waals surface area contributed by atoms with Gasteiger partial charge in [-0.25, -0.2) is 4.79 Å². The molecular weight excluding hydrogens is 338 g/mol. The SMILES string of the molecule is COc1ccc(OCCNC(=O)CN2C(=O)NC(C)(C3CC3)C2=O)cc1. The zero-order valence-corrected chi connectivity index (χ0v) is 14.9. The molecule has 1 saturated heterocycles. The van der Waals surface area contributed by atoms with Gasteiger partial charge in [-0.1, -0.05) is 0 Å². The molecule has 2 aliphatic rings. The molecule has 8 nitrogen and oxygen atoms in total. The standard InChI is InChI=1S/C18H23N3O5/c1-18(12-3-4-12)16(23)21(17(24)20-18)11-15(22)19-9-10-26-14-7-5-13(25-2)6-8-14/h5-8,12H,3-4,9-11H2,1-2H3,(H,19,22)(H,20,24). The minimum atomic E-state index is -0.866. The van der Waals surface area contributed by atoms with E-state index in [0.717, 1.165) is 23.5 Å². The smallest absolute Gasteiger partial charge is 0.325 e. The van der Waals surface area contributed by atoms with Gasteiger partial charge in [-0.15, -0.1) is 0 Å². The summed E-state index contributed by atoms with van der Waals surface area (Å²) in [6, 6.07) is 6.60. The molecule has 8 heteroatoms. The quantitative estimate of drug-likeness (QED) is 0.530. The van der Waals surface area contributed by atoms with Crippen molar-refractivity contribution in [3.63, 3.8) is 0 Å². The lowest BCUT2D eigenvalue weighted by Crippen LogP contribution is -2.47. The Kier molecular flexibility index (Phi) is 5.01. The fraction of sp³-hybridized carbons (Fsp3) is 0.500. The first-order valence-corrected chi connectivity index (χ1v) is 8.61. The molecule has 4 amide bonds. The molecule has 1 aromatic rings. The number of hydrogen-bond acceptors (Lipinski definition) is 5. The van der Waals surface area contributed by atoms with Crippen molar-refractivity contribution in [3.05, 3.63) is 24.3 Å². The van der Waals surface area contributed by atoms with Gasteiger partial charge in [-0.3, -0.25) is 14.5 Å². The van der Waals surface area contributed by atoms with Gasteiger partial charge in [0.1, 0.15) is 30.2 Å². The number of urea groups is 1. The van der Waals surface area contributed by atoms with Crippen molar-refractivity contribution in [1.29, 1.82) is 0 Å². The van der Waals surface area contributed by atoms with E-state index >= 15 is 0 Å². The summed E-state index contributed by atoms with van der Waals surface area (Å²) in [6.45, 7) is 1.99. The van der Waals surface area contributed by atoms with Crippen LogP contribution < -0.4 is 20.1 Å². The number of benzene rings is 1. The van der Waals surface area contributed by atoms with Gasteiger partial charge in [0.15, 0.2) is 0 Å². The predicted molar refractivity (Wildman–Crippen MR) is 92.9 cm³/mol. The van der Waals surface area contributed by atoms with Gasteiger partial charge < -0.3 is 20.1 Å². The van der Waals surface area contributed by atoms with Crippen LogP contribution in [0.5, 0.6) is 11.5 Å². The van der Waals surface area contributed by atoms with E-state index in [1.807, 2.05) is 0 Å². The van der Waals surface area contributed by atoms with Crippen LogP contribution in [-0.4, -0.2) is 55.1 Å². The van der Waals surface area contributed by atoms with Crippen LogP contribution in [-0.2, 0) is 9.59 Å². The van der Waals surface area contributed by atoms with E-state index in [1.165, 1.54) is 0 Å². The Morgan fingerprint density at radius 1 is 1.27 bits per heavy atom. The third kappa shape index (κ3) is 3.74. The molecule has 2 N–H and O–H groups in total. The van der Waals surface area contributed by atoms with E-state index < -0.39 is 17.5 Å². The van der Waals surface area contributed by atoms with Crippen molar-refractivity contribution < 1.29 is 23.9 Å². The summed E-state index contributed by atoms with van der Waals surface area (Å²) in [5, 5.41) is 5.37. The zero-order chi connectivity index (χ0) is 18.7. The van der Waals surface area contributed by atoms with Gasteiger partial charge in [0.2, 0.25) is 5.91 Å². The lowest BCUT2D eigenvalue weighted by Gasteiger charge is -2.20. The summed E-state index contributed by atoms with van der Waals surface area (Å²) < 4.78 is 10.6. The second kappa shape index (κ2) is 7.23. The van der Waals surface area contributed by atoms with Gasteiger partial charge in [-0.2, -0.15) is 0 Å². The Hall–Kier alpha value is -2.77. The predicted octanol–water partition coefficient (Wildman–Crippen LogP) is 0.911. The Morgan fingerprint density at radius 3 is 2.54 bits per heavy atom. The molecule has 0 spiro atoms. The van der Waals surface area contributed by atoms with Crippen LogP contribution >= 0.6 is 0 Å². The first-order chi connectivity index (χ1) is 12.4. The average Bonchev–Trinajstić information content (AvgIpc) is 3.45. The summed E-state index contributed by atoms with van der Waals surface area (Å²) in [5.74, 6) is 0.846. The van der Waals surface area contributed by atoms with Crippen LogP contribution in [0.4, 0.5) is 4.79 Å². The van der Waals surface area contributed by atoms with Crippen molar-refractivity contribution in [2.75, 3.05) is 26.8 Å². The second-order valence-corrected chi connectivity index (χ2v) is 6.67. The highest BCUT2D eigenvalue weighted by Crippen LogP contribution is 2.42. The third-order valence-corrected chi connectivity index (χ3v) is 4.75. The van der Waals surface area contributed by atoms with Crippen molar-refractivity contribution in [3.8, 4) is 11.5 Å². The monoisotopic (exact) mass is 361 g/mol. The van der Waals surface area contributed by atoms with Crippen molar-refractivity contribution in [2.24, 2.45) is 5.92 Å². The van der Waals surface area contributed by atoms with Crippen LogP contribution in [0.25, 0.3) is 0 Å². The highest BCUT2D eigenvalue weighted by atomic mass is 16.5. The highest BCUT2D eigenvalue weighted by molar-refractivity contribution is 6.09. The maximum absolute atomic E-state index is 12.4. The Labute approximate surface area is 151 Å². The largest absolute Gasteiger partial charge is 0.497 e. The molecule has 140 valence electrons. The van der Waals surface area contributed by atoms with Crippen molar-refractivity contribution >= 4 is 17.8 Å². The highest BCUT2D eigenvalue weighted by Gasteiger charge is 2.56. The molecule has 3 rings (SSSR count). The Balaban J connectivity index is 1.41. The number of ether oxygens (including phenoxy) is 2. The van der Waals surface area contributed by atoms with Crippen molar-refractivity contribution in [2.45, 2.75) is 25.3 Å². The van der Waals surface area contributed by atoms with Gasteiger partial charge in [-0.05, 0) is 49.9 Å². The molecule has 1 saturated carbocycles. The fourth-order valence-corrected chi connectivity index (χ4v) is 3.03. The number of carbonyl (C=O) groups excluding carboxylic acids is 3.